The van der Waals surface area contributed by atoms with Crippen molar-refractivity contribution in [3.8, 4) is 0 Å². The minimum absolute atomic E-state index is 0.515. The normalized spacial score (nSPS) is 17.7. The summed E-state index contributed by atoms with van der Waals surface area (Å²) in [7, 11) is 0. The van der Waals surface area contributed by atoms with Crippen LogP contribution in [0.15, 0.2) is 36.5 Å². The van der Waals surface area contributed by atoms with Crippen molar-refractivity contribution in [3.05, 3.63) is 47.1 Å². The van der Waals surface area contributed by atoms with Crippen molar-refractivity contribution in [2.45, 2.75) is 51.5 Å². The Kier molecular flexibility index (Phi) is 6.07. The van der Waals surface area contributed by atoms with Crippen LogP contribution in [-0.2, 0) is 4.74 Å². The Morgan fingerprint density at radius 3 is 2.57 bits per heavy atom. The van der Waals surface area contributed by atoms with Gasteiger partial charge in [-0.1, -0.05) is 31.5 Å². The van der Waals surface area contributed by atoms with Crippen LogP contribution in [0.4, 0.5) is 17.2 Å². The van der Waals surface area contributed by atoms with Gasteiger partial charge in [-0.3, -0.25) is 0 Å². The number of halogens is 1. The highest BCUT2D eigenvalue weighted by molar-refractivity contribution is 6.30. The molecule has 150 valence electrons. The van der Waals surface area contributed by atoms with Gasteiger partial charge in [0.25, 0.3) is 0 Å². The van der Waals surface area contributed by atoms with E-state index < -0.39 is 0 Å². The molecule has 0 amide bonds. The van der Waals surface area contributed by atoms with Gasteiger partial charge < -0.3 is 15.0 Å². The van der Waals surface area contributed by atoms with E-state index in [1.54, 1.807) is 6.20 Å². The van der Waals surface area contributed by atoms with E-state index in [-0.39, 0.29) is 0 Å². The zero-order valence-corrected chi connectivity index (χ0v) is 17.6. The molecule has 5 heteroatoms. The van der Waals surface area contributed by atoms with Crippen molar-refractivity contribution in [2.75, 3.05) is 30.0 Å². The van der Waals surface area contributed by atoms with E-state index >= 15 is 0 Å². The van der Waals surface area contributed by atoms with Crippen LogP contribution in [0.3, 0.4) is 0 Å². The van der Waals surface area contributed by atoms with Gasteiger partial charge >= 0.3 is 0 Å². The molecule has 1 aromatic heterocycles. The first kappa shape index (κ1) is 19.5. The number of hydrogen-bond donors (Lipinski definition) is 1. The molecule has 1 saturated carbocycles. The van der Waals surface area contributed by atoms with E-state index in [1.165, 1.54) is 24.1 Å². The van der Waals surface area contributed by atoms with E-state index in [4.69, 9.17) is 16.3 Å². The van der Waals surface area contributed by atoms with Crippen LogP contribution in [0.5, 0.6) is 0 Å². The Hall–Kier alpha value is -1.78. The Morgan fingerprint density at radius 1 is 1.14 bits per heavy atom. The van der Waals surface area contributed by atoms with Gasteiger partial charge in [-0.15, -0.1) is 0 Å². The van der Waals surface area contributed by atoms with Crippen molar-refractivity contribution in [1.82, 2.24) is 4.98 Å². The molecule has 1 aliphatic carbocycles. The van der Waals surface area contributed by atoms with E-state index in [0.29, 0.717) is 17.0 Å². The van der Waals surface area contributed by atoms with Gasteiger partial charge in [0.2, 0.25) is 0 Å². The fourth-order valence-corrected chi connectivity index (χ4v) is 4.11. The van der Waals surface area contributed by atoms with Crippen LogP contribution < -0.4 is 10.2 Å². The van der Waals surface area contributed by atoms with Crippen LogP contribution in [0, 0.1) is 5.92 Å². The molecule has 2 fully saturated rings. The molecular formula is C23H30ClN3O. The molecule has 1 aromatic carbocycles. The summed E-state index contributed by atoms with van der Waals surface area (Å²) in [6, 6.07) is 11.3. The minimum atomic E-state index is 0.515. The summed E-state index contributed by atoms with van der Waals surface area (Å²) in [5, 5.41) is 4.23. The van der Waals surface area contributed by atoms with Gasteiger partial charge in [0.15, 0.2) is 0 Å². The lowest BCUT2D eigenvalue weighted by Crippen LogP contribution is -2.42. The number of ether oxygens (including phenoxy) is 1. The van der Waals surface area contributed by atoms with E-state index in [9.17, 15) is 0 Å². The first-order valence-electron chi connectivity index (χ1n) is 10.5. The average molecular weight is 400 g/mol. The van der Waals surface area contributed by atoms with Crippen molar-refractivity contribution < 1.29 is 4.74 Å². The smallest absolute Gasteiger partial charge is 0.130 e. The molecular weight excluding hydrogens is 370 g/mol. The van der Waals surface area contributed by atoms with Gasteiger partial charge in [-0.05, 0) is 67.3 Å². The third kappa shape index (κ3) is 4.79. The molecule has 0 spiro atoms. The number of aromatic nitrogens is 1. The summed E-state index contributed by atoms with van der Waals surface area (Å²) in [5.41, 5.74) is 3.84. The highest BCUT2D eigenvalue weighted by Crippen LogP contribution is 2.43. The zero-order chi connectivity index (χ0) is 19.5. The van der Waals surface area contributed by atoms with Crippen molar-refractivity contribution in [1.29, 1.82) is 0 Å². The summed E-state index contributed by atoms with van der Waals surface area (Å²) >= 11 is 6.02. The summed E-state index contributed by atoms with van der Waals surface area (Å²) < 4.78 is 5.62. The second kappa shape index (κ2) is 8.71. The number of pyridine rings is 1. The predicted molar refractivity (Wildman–Crippen MR) is 117 cm³/mol. The number of benzene rings is 1. The van der Waals surface area contributed by atoms with E-state index in [2.05, 4.69) is 47.2 Å². The molecule has 0 atom stereocenters. The molecule has 4 rings (SSSR count). The lowest BCUT2D eigenvalue weighted by atomic mass is 10.0. The topological polar surface area (TPSA) is 37.4 Å². The summed E-state index contributed by atoms with van der Waals surface area (Å²) in [5.74, 6) is 2.14. The van der Waals surface area contributed by atoms with E-state index in [1.807, 2.05) is 12.1 Å². The standard InChI is InChI=1S/C23H30ClN3O/c1-16(2)15-27(20-9-11-28-12-10-20)22-7-5-18(17-3-4-17)13-21(22)26-23-8-6-19(24)14-25-23/h5-8,13-14,16-17,20H,3-4,9-12,15H2,1-2H3,(H,25,26). The van der Waals surface area contributed by atoms with Gasteiger partial charge in [0.1, 0.15) is 5.82 Å². The highest BCUT2D eigenvalue weighted by atomic mass is 35.5. The maximum absolute atomic E-state index is 6.02. The lowest BCUT2D eigenvalue weighted by Gasteiger charge is -2.38. The van der Waals surface area contributed by atoms with Gasteiger partial charge in [0.05, 0.1) is 16.4 Å². The van der Waals surface area contributed by atoms with Crippen molar-refractivity contribution >= 4 is 28.8 Å². The molecule has 1 aliphatic heterocycles. The second-order valence-corrected chi connectivity index (χ2v) is 8.86. The Labute approximate surface area is 173 Å². The first-order chi connectivity index (χ1) is 13.6. The molecule has 4 nitrogen and oxygen atoms in total. The molecule has 28 heavy (non-hydrogen) atoms. The fourth-order valence-electron chi connectivity index (χ4n) is 4.00. The number of hydrogen-bond acceptors (Lipinski definition) is 4. The maximum atomic E-state index is 6.02. The lowest BCUT2D eigenvalue weighted by molar-refractivity contribution is 0.0839. The average Bonchev–Trinajstić information content (AvgIpc) is 3.54. The van der Waals surface area contributed by atoms with Gasteiger partial charge in [-0.2, -0.15) is 0 Å². The highest BCUT2D eigenvalue weighted by Gasteiger charge is 2.27. The number of rotatable bonds is 7. The summed E-state index contributed by atoms with van der Waals surface area (Å²) in [4.78, 5) is 7.04. The Morgan fingerprint density at radius 2 is 1.93 bits per heavy atom. The van der Waals surface area contributed by atoms with Gasteiger partial charge in [0, 0.05) is 32.0 Å². The van der Waals surface area contributed by atoms with Crippen LogP contribution in [0.1, 0.15) is 51.0 Å². The van der Waals surface area contributed by atoms with Crippen molar-refractivity contribution in [3.63, 3.8) is 0 Å². The number of nitrogens with one attached hydrogen (secondary N) is 1. The quantitative estimate of drug-likeness (QED) is 0.619. The molecule has 2 aliphatic rings. The number of anilines is 3. The van der Waals surface area contributed by atoms with Crippen LogP contribution >= 0.6 is 11.6 Å². The third-order valence-corrected chi connectivity index (χ3v) is 5.79. The largest absolute Gasteiger partial charge is 0.381 e. The second-order valence-electron chi connectivity index (χ2n) is 8.43. The molecule has 2 heterocycles. The summed E-state index contributed by atoms with van der Waals surface area (Å²) in [6.45, 7) is 7.31. The van der Waals surface area contributed by atoms with Gasteiger partial charge in [-0.25, -0.2) is 4.98 Å². The molecule has 0 unspecified atom stereocenters. The van der Waals surface area contributed by atoms with E-state index in [0.717, 1.165) is 50.0 Å². The Balaban J connectivity index is 1.68. The predicted octanol–water partition coefficient (Wildman–Crippen LogP) is 6.00. The van der Waals surface area contributed by atoms with Crippen molar-refractivity contribution in [2.24, 2.45) is 5.92 Å². The SMILES string of the molecule is CC(C)CN(c1ccc(C2CC2)cc1Nc1ccc(Cl)cn1)C1CCOCC1. The zero-order valence-electron chi connectivity index (χ0n) is 16.8. The van der Waals surface area contributed by atoms with Crippen LogP contribution in [0.2, 0.25) is 5.02 Å². The van der Waals surface area contributed by atoms with Crippen LogP contribution in [-0.4, -0.2) is 30.8 Å². The maximum Gasteiger partial charge on any atom is 0.130 e. The molecule has 0 radical (unpaired) electrons. The molecule has 0 bridgehead atoms. The minimum Gasteiger partial charge on any atom is -0.381 e. The number of nitrogens with zero attached hydrogens (tertiary/aromatic N) is 2. The Bertz CT molecular complexity index is 783. The molecule has 1 saturated heterocycles. The third-order valence-electron chi connectivity index (χ3n) is 5.56. The fraction of sp³-hybridized carbons (Fsp3) is 0.522. The molecule has 1 N–H and O–H groups in total. The molecule has 2 aromatic rings. The first-order valence-corrected chi connectivity index (χ1v) is 10.8. The van der Waals surface area contributed by atoms with Crippen LogP contribution in [0.25, 0.3) is 0 Å². The summed E-state index contributed by atoms with van der Waals surface area (Å²) in [6.07, 6.45) is 6.45. The monoisotopic (exact) mass is 399 g/mol.